The molecule has 0 amide bonds. The third-order valence-corrected chi connectivity index (χ3v) is 13.4. The van der Waals surface area contributed by atoms with Crippen LogP contribution in [-0.4, -0.2) is 0 Å². The highest BCUT2D eigenvalue weighted by Crippen LogP contribution is 2.50. The van der Waals surface area contributed by atoms with Crippen LogP contribution in [0.3, 0.4) is 0 Å². The third-order valence-electron chi connectivity index (χ3n) is 13.4. The molecule has 0 saturated carbocycles. The van der Waals surface area contributed by atoms with Crippen LogP contribution in [0, 0.1) is 0 Å². The van der Waals surface area contributed by atoms with Crippen LogP contribution < -0.4 is 9.80 Å². The summed E-state index contributed by atoms with van der Waals surface area (Å²) < 4.78 is 13.6. The van der Waals surface area contributed by atoms with Crippen molar-refractivity contribution in [2.24, 2.45) is 0 Å². The van der Waals surface area contributed by atoms with Gasteiger partial charge in [0.1, 0.15) is 11.3 Å². The fourth-order valence-corrected chi connectivity index (χ4v) is 10.1. The van der Waals surface area contributed by atoms with Crippen LogP contribution in [0.5, 0.6) is 0 Å². The lowest BCUT2D eigenvalue weighted by atomic mass is 9.93. The quantitative estimate of drug-likeness (QED) is 0.143. The molecule has 0 saturated heterocycles. The van der Waals surface area contributed by atoms with Gasteiger partial charge in [0, 0.05) is 43.9 Å². The standard InChI is InChI=1S/C61H48N2O2/c1-38(2)40-28-32-42(33-29-40)62(54-24-14-22-50-48-20-6-5-7-26-58(48)64-60(50)54)56-36-52-45-17-9-11-19-47(45)57(37-53(52)44-16-8-10-18-46(44)56)63(43-34-30-41(31-35-43)39(3)4)55-25-15-23-51-49-21-12-13-27-59(49)65-61(51)55/h6-39H,5H2,1-4H3. The van der Waals surface area contributed by atoms with Gasteiger partial charge in [-0.05, 0) is 112 Å². The molecular formula is C61H48N2O2. The second kappa shape index (κ2) is 15.5. The van der Waals surface area contributed by atoms with Gasteiger partial charge in [-0.3, -0.25) is 0 Å². The van der Waals surface area contributed by atoms with Crippen LogP contribution in [0.1, 0.15) is 68.4 Å². The summed E-state index contributed by atoms with van der Waals surface area (Å²) in [5.74, 6) is 1.71. The highest BCUT2D eigenvalue weighted by molar-refractivity contribution is 6.25. The van der Waals surface area contributed by atoms with Crippen LogP contribution in [0.4, 0.5) is 34.1 Å². The maximum absolute atomic E-state index is 6.86. The van der Waals surface area contributed by atoms with E-state index in [2.05, 4.69) is 226 Å². The molecule has 4 heteroatoms. The largest absolute Gasteiger partial charge is 0.454 e. The van der Waals surface area contributed by atoms with Crippen molar-refractivity contribution >= 4 is 112 Å². The molecule has 314 valence electrons. The van der Waals surface area contributed by atoms with Gasteiger partial charge in [0.2, 0.25) is 0 Å². The van der Waals surface area contributed by atoms with E-state index in [1.54, 1.807) is 0 Å². The summed E-state index contributed by atoms with van der Waals surface area (Å²) in [6.07, 6.45) is 9.59. The zero-order chi connectivity index (χ0) is 43.8. The van der Waals surface area contributed by atoms with Crippen molar-refractivity contribution in [2.75, 3.05) is 9.80 Å². The SMILES string of the molecule is CC(C)c1ccc(N(c2cc3c4ccccc4c(N(c4ccc(C(C)C)cc4)c4cccc5c4oc4ccccc45)cc3c3ccccc23)c2cccc3c4c(oc23)C=CCC=C4)cc1. The fourth-order valence-electron chi connectivity index (χ4n) is 10.1. The van der Waals surface area contributed by atoms with Crippen LogP contribution in [-0.2, 0) is 0 Å². The van der Waals surface area contributed by atoms with E-state index in [0.29, 0.717) is 11.8 Å². The monoisotopic (exact) mass is 840 g/mol. The van der Waals surface area contributed by atoms with Crippen LogP contribution >= 0.6 is 0 Å². The van der Waals surface area contributed by atoms with Gasteiger partial charge in [0.05, 0.1) is 22.7 Å². The molecule has 0 N–H and O–H groups in total. The van der Waals surface area contributed by atoms with Crippen molar-refractivity contribution in [3.05, 3.63) is 204 Å². The summed E-state index contributed by atoms with van der Waals surface area (Å²) in [5, 5.41) is 10.3. The highest BCUT2D eigenvalue weighted by atomic mass is 16.3. The van der Waals surface area contributed by atoms with Crippen molar-refractivity contribution in [3.63, 3.8) is 0 Å². The Labute approximate surface area is 378 Å². The first kappa shape index (κ1) is 38.8. The van der Waals surface area contributed by atoms with Gasteiger partial charge in [0.25, 0.3) is 0 Å². The molecular weight excluding hydrogens is 793 g/mol. The third kappa shape index (κ3) is 6.35. The minimum atomic E-state index is 0.411. The van der Waals surface area contributed by atoms with E-state index in [9.17, 15) is 0 Å². The van der Waals surface area contributed by atoms with E-state index in [0.717, 1.165) is 95.5 Å². The van der Waals surface area contributed by atoms with Gasteiger partial charge in [0.15, 0.2) is 11.2 Å². The molecule has 2 heterocycles. The van der Waals surface area contributed by atoms with Crippen molar-refractivity contribution in [2.45, 2.75) is 46.0 Å². The fraction of sp³-hybridized carbons (Fsp3) is 0.115. The number of fused-ring (bicyclic) bond motifs is 11. The predicted molar refractivity (Wildman–Crippen MR) is 276 cm³/mol. The lowest BCUT2D eigenvalue weighted by Gasteiger charge is -2.30. The first-order valence-corrected chi connectivity index (χ1v) is 22.9. The molecule has 0 spiro atoms. The number of anilines is 6. The number of hydrogen-bond donors (Lipinski definition) is 0. The van der Waals surface area contributed by atoms with Gasteiger partial charge in [-0.15, -0.1) is 0 Å². The highest BCUT2D eigenvalue weighted by Gasteiger charge is 2.26. The Hall–Kier alpha value is -7.82. The molecule has 2 aromatic heterocycles. The molecule has 11 aromatic rings. The van der Waals surface area contributed by atoms with E-state index >= 15 is 0 Å². The van der Waals surface area contributed by atoms with E-state index in [1.165, 1.54) is 32.7 Å². The van der Waals surface area contributed by atoms with Crippen molar-refractivity contribution in [3.8, 4) is 0 Å². The lowest BCUT2D eigenvalue weighted by Crippen LogP contribution is -2.12. The zero-order valence-corrected chi connectivity index (χ0v) is 37.0. The second-order valence-corrected chi connectivity index (χ2v) is 18.0. The number of hydrogen-bond acceptors (Lipinski definition) is 4. The molecule has 1 aliphatic carbocycles. The topological polar surface area (TPSA) is 32.8 Å². The first-order valence-electron chi connectivity index (χ1n) is 22.9. The lowest BCUT2D eigenvalue weighted by molar-refractivity contribution is 0.603. The van der Waals surface area contributed by atoms with Crippen molar-refractivity contribution < 1.29 is 8.83 Å². The number of rotatable bonds is 8. The molecule has 0 aliphatic heterocycles. The Bertz CT molecular complexity index is 3700. The van der Waals surface area contributed by atoms with Gasteiger partial charge in [-0.1, -0.05) is 161 Å². The minimum absolute atomic E-state index is 0.411. The number of furan rings is 2. The molecule has 0 fully saturated rings. The van der Waals surface area contributed by atoms with Gasteiger partial charge < -0.3 is 18.6 Å². The van der Waals surface area contributed by atoms with E-state index < -0.39 is 0 Å². The summed E-state index contributed by atoms with van der Waals surface area (Å²) >= 11 is 0. The van der Waals surface area contributed by atoms with Gasteiger partial charge in [-0.2, -0.15) is 0 Å². The summed E-state index contributed by atoms with van der Waals surface area (Å²) in [4.78, 5) is 4.82. The van der Waals surface area contributed by atoms with E-state index in [-0.39, 0.29) is 0 Å². The van der Waals surface area contributed by atoms with Crippen LogP contribution in [0.25, 0.3) is 77.4 Å². The Morgan fingerprint density at radius 1 is 0.385 bits per heavy atom. The normalized spacial score (nSPS) is 12.7. The summed E-state index contributed by atoms with van der Waals surface area (Å²) in [6.45, 7) is 9.00. The molecule has 12 rings (SSSR count). The smallest absolute Gasteiger partial charge is 0.159 e. The number of para-hydroxylation sites is 3. The van der Waals surface area contributed by atoms with E-state index in [4.69, 9.17) is 8.83 Å². The Morgan fingerprint density at radius 2 is 0.846 bits per heavy atom. The van der Waals surface area contributed by atoms with Crippen LogP contribution in [0.15, 0.2) is 191 Å². The second-order valence-electron chi connectivity index (χ2n) is 18.0. The molecule has 4 nitrogen and oxygen atoms in total. The molecule has 0 bridgehead atoms. The van der Waals surface area contributed by atoms with Crippen LogP contribution in [0.2, 0.25) is 0 Å². The maximum atomic E-state index is 6.86. The average Bonchev–Trinajstić information content (AvgIpc) is 3.81. The Balaban J connectivity index is 1.15. The molecule has 65 heavy (non-hydrogen) atoms. The molecule has 0 atom stereocenters. The predicted octanol–water partition coefficient (Wildman–Crippen LogP) is 18.4. The first-order chi connectivity index (χ1) is 31.9. The number of nitrogens with zero attached hydrogens (tertiary/aromatic N) is 2. The average molecular weight is 841 g/mol. The zero-order valence-electron chi connectivity index (χ0n) is 37.0. The Kier molecular flexibility index (Phi) is 9.24. The Morgan fingerprint density at radius 3 is 1.40 bits per heavy atom. The van der Waals surface area contributed by atoms with Gasteiger partial charge in [-0.25, -0.2) is 0 Å². The van der Waals surface area contributed by atoms with E-state index in [1.807, 2.05) is 6.07 Å². The number of benzene rings is 9. The molecule has 0 radical (unpaired) electrons. The molecule has 9 aromatic carbocycles. The number of allylic oxidation sites excluding steroid dienone is 2. The van der Waals surface area contributed by atoms with Gasteiger partial charge >= 0.3 is 0 Å². The maximum Gasteiger partial charge on any atom is 0.159 e. The molecule has 1 aliphatic rings. The van der Waals surface area contributed by atoms with Crippen molar-refractivity contribution in [1.29, 1.82) is 0 Å². The molecule has 0 unspecified atom stereocenters. The summed E-state index contributed by atoms with van der Waals surface area (Å²) in [6, 6.07) is 62.2. The summed E-state index contributed by atoms with van der Waals surface area (Å²) in [7, 11) is 0. The van der Waals surface area contributed by atoms with Crippen molar-refractivity contribution in [1.82, 2.24) is 0 Å². The summed E-state index contributed by atoms with van der Waals surface area (Å²) in [5.41, 5.74) is 12.6. The minimum Gasteiger partial charge on any atom is -0.454 e.